The van der Waals surface area contributed by atoms with Crippen molar-refractivity contribution in [1.82, 2.24) is 14.6 Å². The van der Waals surface area contributed by atoms with Gasteiger partial charge in [0.2, 0.25) is 0 Å². The van der Waals surface area contributed by atoms with Gasteiger partial charge in [0.15, 0.2) is 5.58 Å². The first kappa shape index (κ1) is 12.5. The molecule has 0 unspecified atom stereocenters. The SMILES string of the molecule is Cc1cc2c(cc3c(SCc4ccccc4)nncn32)o1. The van der Waals surface area contributed by atoms with Crippen LogP contribution in [-0.2, 0) is 5.75 Å². The summed E-state index contributed by atoms with van der Waals surface area (Å²) in [5.74, 6) is 1.78. The number of benzene rings is 1. The molecular formula is C16H13N3OS. The molecule has 5 heteroatoms. The zero-order valence-electron chi connectivity index (χ0n) is 11.5. The Bertz CT molecular complexity index is 911. The first-order valence-corrected chi connectivity index (χ1v) is 7.69. The highest BCUT2D eigenvalue weighted by Gasteiger charge is 2.12. The van der Waals surface area contributed by atoms with Crippen LogP contribution in [0.15, 0.2) is 58.2 Å². The smallest absolute Gasteiger partial charge is 0.153 e. The van der Waals surface area contributed by atoms with Gasteiger partial charge in [-0.3, -0.25) is 4.40 Å². The van der Waals surface area contributed by atoms with E-state index in [-0.39, 0.29) is 0 Å². The average Bonchev–Trinajstić information content (AvgIpc) is 3.02. The van der Waals surface area contributed by atoms with Crippen molar-refractivity contribution in [1.29, 1.82) is 0 Å². The van der Waals surface area contributed by atoms with Crippen molar-refractivity contribution < 1.29 is 4.42 Å². The molecule has 0 radical (unpaired) electrons. The Kier molecular flexibility index (Phi) is 2.93. The van der Waals surface area contributed by atoms with Gasteiger partial charge in [0.1, 0.15) is 17.1 Å². The Labute approximate surface area is 125 Å². The average molecular weight is 295 g/mol. The second kappa shape index (κ2) is 4.93. The van der Waals surface area contributed by atoms with E-state index < -0.39 is 0 Å². The van der Waals surface area contributed by atoms with Crippen molar-refractivity contribution >= 4 is 28.4 Å². The number of furan rings is 1. The van der Waals surface area contributed by atoms with E-state index in [1.807, 2.05) is 29.5 Å². The van der Waals surface area contributed by atoms with Crippen LogP contribution >= 0.6 is 11.8 Å². The summed E-state index contributed by atoms with van der Waals surface area (Å²) >= 11 is 1.69. The van der Waals surface area contributed by atoms with E-state index in [4.69, 9.17) is 4.42 Å². The van der Waals surface area contributed by atoms with Crippen molar-refractivity contribution in [3.05, 3.63) is 60.1 Å². The van der Waals surface area contributed by atoms with E-state index >= 15 is 0 Å². The van der Waals surface area contributed by atoms with Crippen LogP contribution in [0.1, 0.15) is 11.3 Å². The van der Waals surface area contributed by atoms with Crippen molar-refractivity contribution in [2.75, 3.05) is 0 Å². The maximum atomic E-state index is 5.69. The number of nitrogens with zero attached hydrogens (tertiary/aromatic N) is 3. The topological polar surface area (TPSA) is 43.3 Å². The second-order valence-electron chi connectivity index (χ2n) is 4.92. The molecule has 0 saturated carbocycles. The van der Waals surface area contributed by atoms with Gasteiger partial charge in [0.25, 0.3) is 0 Å². The lowest BCUT2D eigenvalue weighted by Crippen LogP contribution is -1.93. The molecule has 104 valence electrons. The molecule has 0 bridgehead atoms. The molecule has 21 heavy (non-hydrogen) atoms. The van der Waals surface area contributed by atoms with Crippen LogP contribution in [0.2, 0.25) is 0 Å². The second-order valence-corrected chi connectivity index (χ2v) is 5.88. The highest BCUT2D eigenvalue weighted by molar-refractivity contribution is 7.98. The summed E-state index contributed by atoms with van der Waals surface area (Å²) in [6.07, 6.45) is 1.74. The van der Waals surface area contributed by atoms with E-state index in [1.165, 1.54) is 5.56 Å². The third-order valence-corrected chi connectivity index (χ3v) is 4.45. The maximum absolute atomic E-state index is 5.69. The lowest BCUT2D eigenvalue weighted by molar-refractivity contribution is 0.579. The number of hydrogen-bond acceptors (Lipinski definition) is 4. The van der Waals surface area contributed by atoms with Crippen LogP contribution in [0.5, 0.6) is 0 Å². The fourth-order valence-electron chi connectivity index (χ4n) is 2.43. The molecule has 0 saturated heterocycles. The Morgan fingerprint density at radius 2 is 2.00 bits per heavy atom. The molecular weight excluding hydrogens is 282 g/mol. The van der Waals surface area contributed by atoms with E-state index in [9.17, 15) is 0 Å². The number of thioether (sulfide) groups is 1. The zero-order valence-corrected chi connectivity index (χ0v) is 12.3. The van der Waals surface area contributed by atoms with Crippen LogP contribution in [-0.4, -0.2) is 14.6 Å². The van der Waals surface area contributed by atoms with E-state index in [1.54, 1.807) is 18.1 Å². The van der Waals surface area contributed by atoms with Crippen LogP contribution in [0.25, 0.3) is 16.6 Å². The summed E-state index contributed by atoms with van der Waals surface area (Å²) in [6, 6.07) is 14.4. The van der Waals surface area contributed by atoms with E-state index in [0.29, 0.717) is 0 Å². The molecule has 4 rings (SSSR count). The van der Waals surface area contributed by atoms with Crippen LogP contribution in [0.3, 0.4) is 0 Å². The van der Waals surface area contributed by atoms with Crippen LogP contribution in [0.4, 0.5) is 0 Å². The summed E-state index contributed by atoms with van der Waals surface area (Å²) in [5, 5.41) is 9.30. The van der Waals surface area contributed by atoms with Gasteiger partial charge in [-0.25, -0.2) is 0 Å². The fourth-order valence-corrected chi connectivity index (χ4v) is 3.34. The van der Waals surface area contributed by atoms with Crippen molar-refractivity contribution in [3.63, 3.8) is 0 Å². The lowest BCUT2D eigenvalue weighted by atomic mass is 10.2. The first-order valence-electron chi connectivity index (χ1n) is 6.71. The van der Waals surface area contributed by atoms with Gasteiger partial charge < -0.3 is 4.42 Å². The molecule has 4 aromatic rings. The van der Waals surface area contributed by atoms with Gasteiger partial charge in [0, 0.05) is 17.9 Å². The van der Waals surface area contributed by atoms with Gasteiger partial charge in [-0.05, 0) is 12.5 Å². The normalized spacial score (nSPS) is 11.5. The highest BCUT2D eigenvalue weighted by Crippen LogP contribution is 2.30. The van der Waals surface area contributed by atoms with Gasteiger partial charge >= 0.3 is 0 Å². The molecule has 0 fully saturated rings. The third kappa shape index (κ3) is 2.19. The molecule has 0 aliphatic heterocycles. The molecule has 0 aliphatic carbocycles. The molecule has 3 heterocycles. The van der Waals surface area contributed by atoms with Gasteiger partial charge in [-0.2, -0.15) is 0 Å². The highest BCUT2D eigenvalue weighted by atomic mass is 32.2. The fraction of sp³-hybridized carbons (Fsp3) is 0.125. The van der Waals surface area contributed by atoms with Crippen molar-refractivity contribution in [2.24, 2.45) is 0 Å². The molecule has 0 N–H and O–H groups in total. The summed E-state index contributed by atoms with van der Waals surface area (Å²) in [4.78, 5) is 0. The van der Waals surface area contributed by atoms with Gasteiger partial charge in [-0.15, -0.1) is 10.2 Å². The lowest BCUT2D eigenvalue weighted by Gasteiger charge is -2.03. The Balaban J connectivity index is 1.73. The number of hydrogen-bond donors (Lipinski definition) is 0. The van der Waals surface area contributed by atoms with Crippen LogP contribution in [0, 0.1) is 6.92 Å². The zero-order chi connectivity index (χ0) is 14.2. The largest absolute Gasteiger partial charge is 0.460 e. The predicted octanol–water partition coefficient (Wildman–Crippen LogP) is 4.08. The summed E-state index contributed by atoms with van der Waals surface area (Å²) < 4.78 is 7.72. The molecule has 0 atom stereocenters. The monoisotopic (exact) mass is 295 g/mol. The molecule has 3 aromatic heterocycles. The quantitative estimate of drug-likeness (QED) is 0.534. The van der Waals surface area contributed by atoms with Gasteiger partial charge in [0.05, 0.1) is 11.0 Å². The molecule has 4 nitrogen and oxygen atoms in total. The molecule has 0 aliphatic rings. The molecule has 0 spiro atoms. The Hall–Kier alpha value is -2.27. The summed E-state index contributed by atoms with van der Waals surface area (Å²) in [5.41, 5.74) is 4.24. The van der Waals surface area contributed by atoms with Crippen LogP contribution < -0.4 is 0 Å². The minimum absolute atomic E-state index is 0.876. The Morgan fingerprint density at radius 1 is 1.14 bits per heavy atom. The number of rotatable bonds is 3. The third-order valence-electron chi connectivity index (χ3n) is 3.40. The first-order chi connectivity index (χ1) is 10.3. The number of aromatic nitrogens is 3. The maximum Gasteiger partial charge on any atom is 0.153 e. The van der Waals surface area contributed by atoms with Crippen molar-refractivity contribution in [2.45, 2.75) is 17.7 Å². The Morgan fingerprint density at radius 3 is 2.86 bits per heavy atom. The van der Waals surface area contributed by atoms with Crippen molar-refractivity contribution in [3.8, 4) is 0 Å². The standard InChI is InChI=1S/C16H13N3OS/c1-11-7-13-15(20-11)8-14-16(18-17-10-19(13)14)21-9-12-5-3-2-4-6-12/h2-8,10H,9H2,1H3. The summed E-state index contributed by atoms with van der Waals surface area (Å²) in [7, 11) is 0. The molecule has 1 aromatic carbocycles. The number of aryl methyl sites for hydroxylation is 1. The molecule has 0 amide bonds. The minimum Gasteiger partial charge on any atom is -0.460 e. The minimum atomic E-state index is 0.876. The summed E-state index contributed by atoms with van der Waals surface area (Å²) in [6.45, 7) is 1.95. The number of fused-ring (bicyclic) bond motifs is 3. The van der Waals surface area contributed by atoms with E-state index in [2.05, 4.69) is 34.5 Å². The predicted molar refractivity (Wildman–Crippen MR) is 83.5 cm³/mol. The van der Waals surface area contributed by atoms with E-state index in [0.717, 1.165) is 33.2 Å². The van der Waals surface area contributed by atoms with Gasteiger partial charge in [-0.1, -0.05) is 42.1 Å².